The average molecular weight is 388 g/mol. The Hall–Kier alpha value is -2.87. The smallest absolute Gasteiger partial charge is 0.328 e. The van der Waals surface area contributed by atoms with Crippen LogP contribution in [-0.4, -0.2) is 51.6 Å². The summed E-state index contributed by atoms with van der Waals surface area (Å²) in [5.41, 5.74) is 1.26. The summed E-state index contributed by atoms with van der Waals surface area (Å²) in [6.07, 6.45) is 8.21. The molecule has 148 valence electrons. The Morgan fingerprint density at radius 2 is 2.14 bits per heavy atom. The normalized spacial score (nSPS) is 17.7. The van der Waals surface area contributed by atoms with Crippen molar-refractivity contribution >= 4 is 17.9 Å². The lowest BCUT2D eigenvalue weighted by molar-refractivity contribution is -0.131. The van der Waals surface area contributed by atoms with Gasteiger partial charge in [-0.05, 0) is 49.6 Å². The molecule has 1 atom stereocenters. The van der Waals surface area contributed by atoms with Crippen LogP contribution in [0, 0.1) is 11.6 Å². The minimum absolute atomic E-state index is 0.216. The van der Waals surface area contributed by atoms with E-state index in [0.717, 1.165) is 44.1 Å². The van der Waals surface area contributed by atoms with Crippen molar-refractivity contribution in [3.05, 3.63) is 59.6 Å². The molecular weight excluding hydrogens is 366 g/mol. The number of aliphatic carboxylic acids is 1. The van der Waals surface area contributed by atoms with E-state index in [2.05, 4.69) is 20.2 Å². The van der Waals surface area contributed by atoms with Crippen molar-refractivity contribution in [1.29, 1.82) is 0 Å². The van der Waals surface area contributed by atoms with E-state index in [1.807, 2.05) is 0 Å². The van der Waals surface area contributed by atoms with Gasteiger partial charge in [-0.3, -0.25) is 4.98 Å². The lowest BCUT2D eigenvalue weighted by Crippen LogP contribution is -2.43. The van der Waals surface area contributed by atoms with Crippen LogP contribution in [0.2, 0.25) is 0 Å². The third-order valence-corrected chi connectivity index (χ3v) is 4.63. The second-order valence-corrected chi connectivity index (χ2v) is 6.78. The minimum atomic E-state index is -1.03. The van der Waals surface area contributed by atoms with Crippen molar-refractivity contribution in [2.45, 2.75) is 25.3 Å². The Balaban J connectivity index is 1.50. The first kappa shape index (κ1) is 19.9. The molecule has 2 aromatic rings. The number of carboxylic acid groups (broad SMARTS) is 1. The summed E-state index contributed by atoms with van der Waals surface area (Å²) in [5, 5.41) is 12.0. The number of hydrogen-bond acceptors (Lipinski definition) is 5. The molecule has 1 aromatic carbocycles. The van der Waals surface area contributed by atoms with Gasteiger partial charge in [-0.1, -0.05) is 6.07 Å². The molecule has 0 radical (unpaired) electrons. The van der Waals surface area contributed by atoms with Crippen LogP contribution in [0.15, 0.2) is 36.7 Å². The lowest BCUT2D eigenvalue weighted by atomic mass is 10.0. The highest BCUT2D eigenvalue weighted by atomic mass is 19.2. The van der Waals surface area contributed by atoms with Gasteiger partial charge >= 0.3 is 5.97 Å². The number of halogens is 2. The van der Waals surface area contributed by atoms with Crippen LogP contribution >= 0.6 is 0 Å². The van der Waals surface area contributed by atoms with Crippen molar-refractivity contribution in [3.63, 3.8) is 0 Å². The maximum atomic E-state index is 13.3. The van der Waals surface area contributed by atoms with E-state index in [0.29, 0.717) is 17.9 Å². The van der Waals surface area contributed by atoms with E-state index < -0.39 is 17.6 Å². The molecule has 0 aliphatic carbocycles. The molecule has 2 N–H and O–H groups in total. The maximum absolute atomic E-state index is 13.3. The molecule has 1 fully saturated rings. The first-order chi connectivity index (χ1) is 13.5. The first-order valence-corrected chi connectivity index (χ1v) is 9.15. The van der Waals surface area contributed by atoms with E-state index in [4.69, 9.17) is 5.11 Å². The quantitative estimate of drug-likeness (QED) is 0.710. The Bertz CT molecular complexity index is 843. The van der Waals surface area contributed by atoms with Gasteiger partial charge in [0.05, 0.1) is 18.1 Å². The number of piperidine rings is 1. The molecule has 1 aromatic heterocycles. The van der Waals surface area contributed by atoms with Crippen molar-refractivity contribution in [3.8, 4) is 0 Å². The van der Waals surface area contributed by atoms with E-state index in [1.54, 1.807) is 12.3 Å². The van der Waals surface area contributed by atoms with Gasteiger partial charge < -0.3 is 15.3 Å². The second kappa shape index (κ2) is 9.36. The lowest BCUT2D eigenvalue weighted by Gasteiger charge is -2.33. The Labute approximate surface area is 161 Å². The Morgan fingerprint density at radius 3 is 2.86 bits per heavy atom. The zero-order valence-electron chi connectivity index (χ0n) is 15.3. The van der Waals surface area contributed by atoms with Crippen molar-refractivity contribution in [2.75, 3.05) is 25.0 Å². The topological polar surface area (TPSA) is 78.3 Å². The second-order valence-electron chi connectivity index (χ2n) is 6.78. The fraction of sp³-hybridized carbons (Fsp3) is 0.350. The van der Waals surface area contributed by atoms with E-state index >= 15 is 0 Å². The molecule has 8 heteroatoms. The van der Waals surface area contributed by atoms with Gasteiger partial charge in [0.1, 0.15) is 5.82 Å². The van der Waals surface area contributed by atoms with Crippen molar-refractivity contribution in [1.82, 2.24) is 14.9 Å². The fourth-order valence-electron chi connectivity index (χ4n) is 3.22. The van der Waals surface area contributed by atoms with Crippen LogP contribution in [-0.2, 0) is 11.2 Å². The molecule has 1 aliphatic rings. The van der Waals surface area contributed by atoms with Gasteiger partial charge in [-0.15, -0.1) is 0 Å². The third-order valence-electron chi connectivity index (χ3n) is 4.63. The number of nitrogens with zero attached hydrogens (tertiary/aromatic N) is 3. The summed E-state index contributed by atoms with van der Waals surface area (Å²) in [5.74, 6) is -2.03. The molecular formula is C20H22F2N4O2. The van der Waals surface area contributed by atoms with Crippen LogP contribution < -0.4 is 5.32 Å². The van der Waals surface area contributed by atoms with Crippen LogP contribution in [0.1, 0.15) is 24.1 Å². The summed E-state index contributed by atoms with van der Waals surface area (Å²) in [7, 11) is 0. The minimum Gasteiger partial charge on any atom is -0.478 e. The van der Waals surface area contributed by atoms with Crippen molar-refractivity contribution in [2.24, 2.45) is 0 Å². The number of aromatic nitrogens is 2. The Kier molecular flexibility index (Phi) is 6.65. The SMILES string of the molecule is O=C(O)/C=C/c1cnc(N[C@@H]2CCCN(CCc3ccc(F)c(F)c3)C2)cn1. The maximum Gasteiger partial charge on any atom is 0.328 e. The highest BCUT2D eigenvalue weighted by molar-refractivity contribution is 5.84. The molecule has 28 heavy (non-hydrogen) atoms. The van der Waals surface area contributed by atoms with E-state index in [1.165, 1.54) is 24.4 Å². The number of likely N-dealkylation sites (tertiary alicyclic amines) is 1. The number of carboxylic acids is 1. The number of anilines is 1. The number of hydrogen-bond donors (Lipinski definition) is 2. The molecule has 0 bridgehead atoms. The molecule has 2 heterocycles. The van der Waals surface area contributed by atoms with Gasteiger partial charge in [0, 0.05) is 25.2 Å². The van der Waals surface area contributed by atoms with Gasteiger partial charge in [-0.2, -0.15) is 0 Å². The number of nitrogens with one attached hydrogen (secondary N) is 1. The summed E-state index contributed by atoms with van der Waals surface area (Å²) in [6, 6.07) is 4.26. The van der Waals surface area contributed by atoms with Gasteiger partial charge in [0.2, 0.25) is 0 Å². The summed E-state index contributed by atoms with van der Waals surface area (Å²) in [6.45, 7) is 2.56. The van der Waals surface area contributed by atoms with Gasteiger partial charge in [-0.25, -0.2) is 18.6 Å². The highest BCUT2D eigenvalue weighted by Crippen LogP contribution is 2.16. The predicted octanol–water partition coefficient (Wildman–Crippen LogP) is 2.97. The molecule has 0 saturated carbocycles. The zero-order valence-corrected chi connectivity index (χ0v) is 15.3. The zero-order chi connectivity index (χ0) is 19.9. The van der Waals surface area contributed by atoms with Crippen molar-refractivity contribution < 1.29 is 18.7 Å². The Morgan fingerprint density at radius 1 is 1.29 bits per heavy atom. The predicted molar refractivity (Wildman–Crippen MR) is 102 cm³/mol. The number of carbonyl (C=O) groups is 1. The number of benzene rings is 1. The molecule has 0 spiro atoms. The summed E-state index contributed by atoms with van der Waals surface area (Å²) in [4.78, 5) is 21.3. The van der Waals surface area contributed by atoms with Crippen LogP contribution in [0.25, 0.3) is 6.08 Å². The summed E-state index contributed by atoms with van der Waals surface area (Å²) >= 11 is 0. The largest absolute Gasteiger partial charge is 0.478 e. The summed E-state index contributed by atoms with van der Waals surface area (Å²) < 4.78 is 26.3. The molecule has 1 saturated heterocycles. The van der Waals surface area contributed by atoms with E-state index in [-0.39, 0.29) is 6.04 Å². The van der Waals surface area contributed by atoms with Gasteiger partial charge in [0.15, 0.2) is 11.6 Å². The van der Waals surface area contributed by atoms with Gasteiger partial charge in [0.25, 0.3) is 0 Å². The average Bonchev–Trinajstić information content (AvgIpc) is 2.69. The molecule has 6 nitrogen and oxygen atoms in total. The number of rotatable bonds is 7. The fourth-order valence-corrected chi connectivity index (χ4v) is 3.22. The monoisotopic (exact) mass is 388 g/mol. The molecule has 0 unspecified atom stereocenters. The first-order valence-electron chi connectivity index (χ1n) is 9.15. The van der Waals surface area contributed by atoms with Crippen LogP contribution in [0.4, 0.5) is 14.6 Å². The third kappa shape index (κ3) is 5.82. The highest BCUT2D eigenvalue weighted by Gasteiger charge is 2.20. The molecule has 3 rings (SSSR count). The molecule has 0 amide bonds. The van der Waals surface area contributed by atoms with Crippen LogP contribution in [0.5, 0.6) is 0 Å². The standard InChI is InChI=1S/C20H22F2N4O2/c21-17-5-3-14(10-18(17)22)7-9-26-8-1-2-16(13-26)25-19-12-23-15(11-24-19)4-6-20(27)28/h3-6,10-12,16H,1-2,7-9,13H2,(H,24,25)(H,27,28)/b6-4+/t16-/m1/s1. The molecule has 1 aliphatic heterocycles. The van der Waals surface area contributed by atoms with Crippen LogP contribution in [0.3, 0.4) is 0 Å². The van der Waals surface area contributed by atoms with E-state index in [9.17, 15) is 13.6 Å².